The lowest BCUT2D eigenvalue weighted by Gasteiger charge is -2.33. The largest absolute Gasteiger partial charge is 0.481 e. The molecule has 3 atom stereocenters. The first-order valence-electron chi connectivity index (χ1n) is 8.67. The Kier molecular flexibility index (Phi) is 8.24. The van der Waals surface area contributed by atoms with Crippen LogP contribution in [0.25, 0.3) is 0 Å². The Bertz CT molecular complexity index is 641. The maximum absolute atomic E-state index is 12.6. The number of carbonyl (C=O) groups excluding carboxylic acids is 2. The predicted molar refractivity (Wildman–Crippen MR) is 98.8 cm³/mol. The van der Waals surface area contributed by atoms with E-state index in [9.17, 15) is 19.5 Å². The Morgan fingerprint density at radius 3 is 2.19 bits per heavy atom. The highest BCUT2D eigenvalue weighted by Crippen LogP contribution is 2.29. The van der Waals surface area contributed by atoms with Crippen LogP contribution < -0.4 is 10.6 Å². The summed E-state index contributed by atoms with van der Waals surface area (Å²) in [7, 11) is 0. The molecule has 1 aromatic carbocycles. The number of carbonyl (C=O) groups is 3. The number of aliphatic hydroxyl groups excluding tert-OH is 1. The number of alkyl carbamates (subject to hydrolysis) is 1. The SMILES string of the molecule is C[C@H](CO)NC(=O)[C@@H](NC(=O)OCc1ccccc1)C(C(=O)O)C(C)(C)C. The van der Waals surface area contributed by atoms with Gasteiger partial charge in [0.25, 0.3) is 0 Å². The lowest BCUT2D eigenvalue weighted by molar-refractivity contribution is -0.150. The first kappa shape index (κ1) is 22.4. The molecule has 0 saturated carbocycles. The van der Waals surface area contributed by atoms with Crippen LogP contribution in [0.3, 0.4) is 0 Å². The number of nitrogens with one attached hydrogen (secondary N) is 2. The van der Waals surface area contributed by atoms with E-state index in [-0.39, 0.29) is 13.2 Å². The Hall–Kier alpha value is -2.61. The lowest BCUT2D eigenvalue weighted by Crippen LogP contribution is -2.57. The van der Waals surface area contributed by atoms with Crippen LogP contribution in [0.15, 0.2) is 30.3 Å². The van der Waals surface area contributed by atoms with E-state index in [1.165, 1.54) is 0 Å². The standard InChI is InChI=1S/C19H28N2O6/c1-12(10-22)20-16(23)15(14(17(24)25)19(2,3)4)21-18(26)27-11-13-8-6-5-7-9-13/h5-9,12,14-15,22H,10-11H2,1-4H3,(H,20,23)(H,21,26)(H,24,25)/t12-,14?,15+/m1/s1. The smallest absolute Gasteiger partial charge is 0.408 e. The van der Waals surface area contributed by atoms with Crippen LogP contribution in [0.1, 0.15) is 33.3 Å². The zero-order chi connectivity index (χ0) is 20.6. The van der Waals surface area contributed by atoms with Gasteiger partial charge < -0.3 is 25.6 Å². The molecule has 1 aromatic rings. The second kappa shape index (κ2) is 9.91. The molecule has 150 valence electrons. The fraction of sp³-hybridized carbons (Fsp3) is 0.526. The van der Waals surface area contributed by atoms with E-state index in [1.54, 1.807) is 52.0 Å². The molecule has 0 saturated heterocycles. The number of ether oxygens (including phenoxy) is 1. The van der Waals surface area contributed by atoms with Gasteiger partial charge in [-0.1, -0.05) is 51.1 Å². The molecule has 8 nitrogen and oxygen atoms in total. The number of aliphatic hydroxyl groups is 1. The lowest BCUT2D eigenvalue weighted by atomic mass is 9.76. The topological polar surface area (TPSA) is 125 Å². The van der Waals surface area contributed by atoms with Gasteiger partial charge >= 0.3 is 12.1 Å². The zero-order valence-corrected chi connectivity index (χ0v) is 16.1. The molecule has 0 bridgehead atoms. The molecule has 0 aromatic heterocycles. The maximum atomic E-state index is 12.6. The van der Waals surface area contributed by atoms with E-state index in [1.807, 2.05) is 6.07 Å². The van der Waals surface area contributed by atoms with E-state index in [0.29, 0.717) is 0 Å². The first-order chi connectivity index (χ1) is 12.6. The fourth-order valence-electron chi connectivity index (χ4n) is 2.58. The van der Waals surface area contributed by atoms with Crippen LogP contribution in [0.4, 0.5) is 4.79 Å². The van der Waals surface area contributed by atoms with Gasteiger partial charge in [0.05, 0.1) is 12.5 Å². The van der Waals surface area contributed by atoms with Crippen molar-refractivity contribution in [2.45, 2.75) is 46.4 Å². The minimum atomic E-state index is -1.36. The van der Waals surface area contributed by atoms with Gasteiger partial charge in [-0.3, -0.25) is 9.59 Å². The molecule has 0 aliphatic heterocycles. The molecular formula is C19H28N2O6. The summed E-state index contributed by atoms with van der Waals surface area (Å²) < 4.78 is 5.11. The summed E-state index contributed by atoms with van der Waals surface area (Å²) in [6.07, 6.45) is -0.897. The summed E-state index contributed by atoms with van der Waals surface area (Å²) in [6, 6.07) is 7.02. The Morgan fingerprint density at radius 2 is 1.70 bits per heavy atom. The van der Waals surface area contributed by atoms with Crippen molar-refractivity contribution < 1.29 is 29.3 Å². The third-order valence-corrected chi connectivity index (χ3v) is 3.96. The zero-order valence-electron chi connectivity index (χ0n) is 16.1. The maximum Gasteiger partial charge on any atom is 0.408 e. The molecule has 0 aliphatic rings. The van der Waals surface area contributed by atoms with Crippen molar-refractivity contribution in [3.8, 4) is 0 Å². The number of carboxylic acid groups (broad SMARTS) is 1. The van der Waals surface area contributed by atoms with Crippen LogP contribution in [0, 0.1) is 11.3 Å². The average Bonchev–Trinajstić information content (AvgIpc) is 2.58. The molecule has 27 heavy (non-hydrogen) atoms. The van der Waals surface area contributed by atoms with Crippen LogP contribution in [0.2, 0.25) is 0 Å². The van der Waals surface area contributed by atoms with E-state index in [0.717, 1.165) is 5.56 Å². The fourth-order valence-corrected chi connectivity index (χ4v) is 2.58. The Labute approximate surface area is 158 Å². The van der Waals surface area contributed by atoms with Crippen molar-refractivity contribution >= 4 is 18.0 Å². The van der Waals surface area contributed by atoms with Gasteiger partial charge in [0, 0.05) is 6.04 Å². The normalized spacial score (nSPS) is 14.6. The molecule has 0 fully saturated rings. The number of benzene rings is 1. The quantitative estimate of drug-likeness (QED) is 0.542. The molecule has 2 amide bonds. The summed E-state index contributed by atoms with van der Waals surface area (Å²) in [5.74, 6) is -3.12. The van der Waals surface area contributed by atoms with Gasteiger partial charge in [-0.25, -0.2) is 4.79 Å². The van der Waals surface area contributed by atoms with Crippen molar-refractivity contribution in [3.05, 3.63) is 35.9 Å². The molecule has 1 rings (SSSR count). The monoisotopic (exact) mass is 380 g/mol. The number of carboxylic acids is 1. The molecule has 0 aliphatic carbocycles. The molecule has 0 spiro atoms. The molecular weight excluding hydrogens is 352 g/mol. The van der Waals surface area contributed by atoms with Crippen molar-refractivity contribution in [2.24, 2.45) is 11.3 Å². The van der Waals surface area contributed by atoms with Gasteiger partial charge in [-0.15, -0.1) is 0 Å². The molecule has 0 radical (unpaired) electrons. The summed E-state index contributed by atoms with van der Waals surface area (Å²) in [6.45, 7) is 6.23. The Morgan fingerprint density at radius 1 is 1.11 bits per heavy atom. The van der Waals surface area contributed by atoms with E-state index < -0.39 is 41.4 Å². The summed E-state index contributed by atoms with van der Waals surface area (Å²) >= 11 is 0. The highest BCUT2D eigenvalue weighted by molar-refractivity contribution is 5.91. The van der Waals surface area contributed by atoms with Gasteiger partial charge in [0.15, 0.2) is 0 Å². The van der Waals surface area contributed by atoms with Crippen molar-refractivity contribution in [2.75, 3.05) is 6.61 Å². The summed E-state index contributed by atoms with van der Waals surface area (Å²) in [5.41, 5.74) is -0.0589. The number of aliphatic carboxylic acids is 1. The first-order valence-corrected chi connectivity index (χ1v) is 8.67. The molecule has 0 heterocycles. The van der Waals surface area contributed by atoms with Crippen molar-refractivity contribution in [1.82, 2.24) is 10.6 Å². The van der Waals surface area contributed by atoms with Crippen molar-refractivity contribution in [1.29, 1.82) is 0 Å². The minimum absolute atomic E-state index is 0.0126. The van der Waals surface area contributed by atoms with Crippen molar-refractivity contribution in [3.63, 3.8) is 0 Å². The van der Waals surface area contributed by atoms with E-state index in [2.05, 4.69) is 10.6 Å². The third-order valence-electron chi connectivity index (χ3n) is 3.96. The summed E-state index contributed by atoms with van der Waals surface area (Å²) in [4.78, 5) is 36.5. The van der Waals surface area contributed by atoms with Crippen LogP contribution >= 0.6 is 0 Å². The second-order valence-corrected chi connectivity index (χ2v) is 7.46. The molecule has 4 N–H and O–H groups in total. The Balaban J connectivity index is 2.93. The van der Waals surface area contributed by atoms with Crippen LogP contribution in [-0.4, -0.2) is 46.9 Å². The van der Waals surface area contributed by atoms with Gasteiger partial charge in [-0.05, 0) is 17.9 Å². The molecule has 8 heteroatoms. The third kappa shape index (κ3) is 7.26. The second-order valence-electron chi connectivity index (χ2n) is 7.46. The van der Waals surface area contributed by atoms with E-state index >= 15 is 0 Å². The van der Waals surface area contributed by atoms with Gasteiger partial charge in [0.1, 0.15) is 12.6 Å². The minimum Gasteiger partial charge on any atom is -0.481 e. The number of rotatable bonds is 8. The highest BCUT2D eigenvalue weighted by atomic mass is 16.5. The average molecular weight is 380 g/mol. The predicted octanol–water partition coefficient (Wildman–Crippen LogP) is 1.53. The number of amides is 2. The van der Waals surface area contributed by atoms with Crippen LogP contribution in [0.5, 0.6) is 0 Å². The number of hydrogen-bond donors (Lipinski definition) is 4. The number of hydrogen-bond acceptors (Lipinski definition) is 5. The van der Waals surface area contributed by atoms with Crippen LogP contribution in [-0.2, 0) is 20.9 Å². The summed E-state index contributed by atoms with van der Waals surface area (Å²) in [5, 5.41) is 23.6. The van der Waals surface area contributed by atoms with Gasteiger partial charge in [-0.2, -0.15) is 0 Å². The van der Waals surface area contributed by atoms with Gasteiger partial charge in [0.2, 0.25) is 5.91 Å². The van der Waals surface area contributed by atoms with E-state index in [4.69, 9.17) is 9.84 Å². The highest BCUT2D eigenvalue weighted by Gasteiger charge is 2.43. The molecule has 1 unspecified atom stereocenters.